The molecule has 1 fully saturated rings. The smallest absolute Gasteiger partial charge is 0.265 e. The molecule has 0 aliphatic heterocycles. The number of para-hydroxylation sites is 2. The molecule has 1 amide bonds. The van der Waals surface area contributed by atoms with Crippen LogP contribution in [0.2, 0.25) is 0 Å². The largest absolute Gasteiger partial charge is 0.495 e. The van der Waals surface area contributed by atoms with Crippen molar-refractivity contribution in [2.75, 3.05) is 12.4 Å². The number of hydrogen-bond acceptors (Lipinski definition) is 4. The van der Waals surface area contributed by atoms with Crippen molar-refractivity contribution < 1.29 is 9.53 Å². The second-order valence-electron chi connectivity index (χ2n) is 6.81. The van der Waals surface area contributed by atoms with E-state index in [1.54, 1.807) is 7.11 Å². The first-order valence-electron chi connectivity index (χ1n) is 9.10. The van der Waals surface area contributed by atoms with Crippen LogP contribution in [-0.4, -0.2) is 22.8 Å². The van der Waals surface area contributed by atoms with Crippen molar-refractivity contribution in [2.24, 2.45) is 0 Å². The topological polar surface area (TPSA) is 56.1 Å². The molecule has 5 nitrogen and oxygen atoms in total. The predicted molar refractivity (Wildman–Crippen MR) is 105 cm³/mol. The van der Waals surface area contributed by atoms with Crippen LogP contribution in [0.4, 0.5) is 5.69 Å². The number of hydrogen-bond donors (Lipinski definition) is 1. The first-order chi connectivity index (χ1) is 12.7. The van der Waals surface area contributed by atoms with Crippen LogP contribution in [-0.2, 0) is 0 Å². The zero-order chi connectivity index (χ0) is 18.1. The number of amides is 1. The number of fused-ring (bicyclic) bond motifs is 1. The van der Waals surface area contributed by atoms with Gasteiger partial charge in [0.05, 0.1) is 29.4 Å². The van der Waals surface area contributed by atoms with Crippen LogP contribution < -0.4 is 10.1 Å². The van der Waals surface area contributed by atoms with E-state index in [0.717, 1.165) is 15.9 Å². The second kappa shape index (κ2) is 7.11. The molecule has 1 aliphatic rings. The molecule has 3 aromatic rings. The molecule has 1 aliphatic carbocycles. The lowest BCUT2D eigenvalue weighted by atomic mass is 9.96. The average molecular weight is 369 g/mol. The molecule has 0 bridgehead atoms. The summed E-state index contributed by atoms with van der Waals surface area (Å²) in [6.07, 6.45) is 6.19. The molecule has 136 valence electrons. The van der Waals surface area contributed by atoms with E-state index in [4.69, 9.17) is 9.84 Å². The minimum Gasteiger partial charge on any atom is -0.495 e. The van der Waals surface area contributed by atoms with Gasteiger partial charge in [0.25, 0.3) is 5.91 Å². The SMILES string of the molecule is COc1ccccc1NC(=O)c1cc2c(C)nn(C3CCCCC3)c2s1. The van der Waals surface area contributed by atoms with Gasteiger partial charge in [0.15, 0.2) is 0 Å². The fourth-order valence-corrected chi connectivity index (χ4v) is 4.82. The Labute approximate surface area is 157 Å². The molecule has 4 rings (SSSR count). The van der Waals surface area contributed by atoms with Gasteiger partial charge in [-0.25, -0.2) is 0 Å². The third-order valence-electron chi connectivity index (χ3n) is 5.07. The lowest BCUT2D eigenvalue weighted by Crippen LogP contribution is -2.14. The van der Waals surface area contributed by atoms with Crippen LogP contribution in [0.25, 0.3) is 10.2 Å². The van der Waals surface area contributed by atoms with Crippen molar-refractivity contribution in [3.8, 4) is 5.75 Å². The normalized spacial score (nSPS) is 15.3. The Morgan fingerprint density at radius 2 is 2.04 bits per heavy atom. The van der Waals surface area contributed by atoms with Gasteiger partial charge in [0.2, 0.25) is 0 Å². The number of nitrogens with zero attached hydrogens (tertiary/aromatic N) is 2. The van der Waals surface area contributed by atoms with Gasteiger partial charge in [-0.1, -0.05) is 31.4 Å². The first kappa shape index (κ1) is 17.1. The van der Waals surface area contributed by atoms with Crippen LogP contribution in [0.3, 0.4) is 0 Å². The first-order valence-corrected chi connectivity index (χ1v) is 9.92. The summed E-state index contributed by atoms with van der Waals surface area (Å²) in [6.45, 7) is 2.02. The molecule has 0 atom stereocenters. The Morgan fingerprint density at radius 1 is 1.27 bits per heavy atom. The van der Waals surface area contributed by atoms with E-state index in [-0.39, 0.29) is 5.91 Å². The van der Waals surface area contributed by atoms with Crippen molar-refractivity contribution in [1.82, 2.24) is 9.78 Å². The predicted octanol–water partition coefficient (Wildman–Crippen LogP) is 5.17. The zero-order valence-electron chi connectivity index (χ0n) is 15.1. The van der Waals surface area contributed by atoms with E-state index >= 15 is 0 Å². The number of aryl methyl sites for hydroxylation is 1. The summed E-state index contributed by atoms with van der Waals surface area (Å²) in [7, 11) is 1.60. The highest BCUT2D eigenvalue weighted by molar-refractivity contribution is 7.20. The highest BCUT2D eigenvalue weighted by atomic mass is 32.1. The number of methoxy groups -OCH3 is 1. The molecule has 1 aromatic carbocycles. The van der Waals surface area contributed by atoms with Crippen LogP contribution in [0, 0.1) is 6.92 Å². The van der Waals surface area contributed by atoms with Crippen molar-refractivity contribution >= 4 is 33.1 Å². The summed E-state index contributed by atoms with van der Waals surface area (Å²) >= 11 is 1.53. The number of benzene rings is 1. The van der Waals surface area contributed by atoms with Crippen molar-refractivity contribution in [3.63, 3.8) is 0 Å². The number of thiophene rings is 1. The maximum atomic E-state index is 12.8. The Hall–Kier alpha value is -2.34. The highest BCUT2D eigenvalue weighted by Crippen LogP contribution is 2.36. The van der Waals surface area contributed by atoms with Gasteiger partial charge in [-0.05, 0) is 38.0 Å². The van der Waals surface area contributed by atoms with Crippen molar-refractivity contribution in [3.05, 3.63) is 40.9 Å². The van der Waals surface area contributed by atoms with Gasteiger partial charge in [-0.15, -0.1) is 11.3 Å². The number of carbonyl (C=O) groups excluding carboxylic acids is 1. The van der Waals surface area contributed by atoms with Gasteiger partial charge in [0.1, 0.15) is 10.6 Å². The molecular formula is C20H23N3O2S. The van der Waals surface area contributed by atoms with E-state index < -0.39 is 0 Å². The van der Waals surface area contributed by atoms with Gasteiger partial charge in [-0.3, -0.25) is 9.48 Å². The van der Waals surface area contributed by atoms with Crippen LogP contribution in [0.5, 0.6) is 5.75 Å². The van der Waals surface area contributed by atoms with Crippen LogP contribution >= 0.6 is 11.3 Å². The molecule has 0 radical (unpaired) electrons. The summed E-state index contributed by atoms with van der Waals surface area (Å²) < 4.78 is 7.48. The number of anilines is 1. The summed E-state index contributed by atoms with van der Waals surface area (Å²) in [6, 6.07) is 9.88. The Bertz CT molecular complexity index is 938. The molecule has 2 heterocycles. The molecule has 0 saturated heterocycles. The maximum absolute atomic E-state index is 12.8. The van der Waals surface area contributed by atoms with E-state index in [1.807, 2.05) is 37.3 Å². The third-order valence-corrected chi connectivity index (χ3v) is 6.19. The van der Waals surface area contributed by atoms with Gasteiger partial charge in [-0.2, -0.15) is 5.10 Å². The molecular weight excluding hydrogens is 346 g/mol. The molecule has 2 aromatic heterocycles. The maximum Gasteiger partial charge on any atom is 0.265 e. The minimum atomic E-state index is -0.106. The van der Waals surface area contributed by atoms with Crippen LogP contribution in [0.15, 0.2) is 30.3 Å². The van der Waals surface area contributed by atoms with Gasteiger partial charge in [0, 0.05) is 5.39 Å². The fraction of sp³-hybridized carbons (Fsp3) is 0.400. The Kier molecular flexibility index (Phi) is 4.68. The molecule has 26 heavy (non-hydrogen) atoms. The van der Waals surface area contributed by atoms with Gasteiger partial charge < -0.3 is 10.1 Å². The monoisotopic (exact) mass is 369 g/mol. The molecule has 1 N–H and O–H groups in total. The molecule has 0 unspecified atom stereocenters. The Balaban J connectivity index is 1.63. The third kappa shape index (κ3) is 3.09. The lowest BCUT2D eigenvalue weighted by Gasteiger charge is -2.22. The molecule has 1 saturated carbocycles. The fourth-order valence-electron chi connectivity index (χ4n) is 3.69. The second-order valence-corrected chi connectivity index (χ2v) is 7.84. The van der Waals surface area contributed by atoms with E-state index in [2.05, 4.69) is 10.00 Å². The van der Waals surface area contributed by atoms with Crippen LogP contribution in [0.1, 0.15) is 53.5 Å². The molecule has 0 spiro atoms. The Morgan fingerprint density at radius 3 is 2.81 bits per heavy atom. The number of aromatic nitrogens is 2. The van der Waals surface area contributed by atoms with E-state index in [0.29, 0.717) is 22.4 Å². The zero-order valence-corrected chi connectivity index (χ0v) is 15.9. The van der Waals surface area contributed by atoms with E-state index in [1.165, 1.54) is 43.4 Å². The summed E-state index contributed by atoms with van der Waals surface area (Å²) in [5.41, 5.74) is 1.68. The number of rotatable bonds is 4. The van der Waals surface area contributed by atoms with Crippen molar-refractivity contribution in [2.45, 2.75) is 45.1 Å². The number of carbonyl (C=O) groups is 1. The summed E-state index contributed by atoms with van der Waals surface area (Å²) in [5.74, 6) is 0.553. The average Bonchev–Trinajstić information content (AvgIpc) is 3.24. The number of nitrogens with one attached hydrogen (secondary N) is 1. The quantitative estimate of drug-likeness (QED) is 0.690. The summed E-state index contributed by atoms with van der Waals surface area (Å²) in [5, 5.41) is 8.81. The standard InChI is InChI=1S/C20H23N3O2S/c1-13-15-12-18(19(24)21-16-10-6-7-11-17(16)25-2)26-20(15)23(22-13)14-8-4-3-5-9-14/h6-7,10-12,14H,3-5,8-9H2,1-2H3,(H,21,24). The molecule has 6 heteroatoms. The van der Waals surface area contributed by atoms with Crippen molar-refractivity contribution in [1.29, 1.82) is 0 Å². The van der Waals surface area contributed by atoms with E-state index in [9.17, 15) is 4.79 Å². The minimum absolute atomic E-state index is 0.106. The number of ether oxygens (including phenoxy) is 1. The highest BCUT2D eigenvalue weighted by Gasteiger charge is 2.22. The van der Waals surface area contributed by atoms with Gasteiger partial charge >= 0.3 is 0 Å². The lowest BCUT2D eigenvalue weighted by molar-refractivity contribution is 0.103. The summed E-state index contributed by atoms with van der Waals surface area (Å²) in [4.78, 5) is 14.6.